The Morgan fingerprint density at radius 1 is 1.13 bits per heavy atom. The smallest absolute Gasteiger partial charge is 0.0586 e. The van der Waals surface area contributed by atoms with Crippen molar-refractivity contribution in [2.45, 2.75) is 50.6 Å². The van der Waals surface area contributed by atoms with Crippen molar-refractivity contribution in [2.24, 2.45) is 0 Å². The van der Waals surface area contributed by atoms with Gasteiger partial charge in [0.15, 0.2) is 0 Å². The number of hydrogen-bond acceptors (Lipinski definition) is 3. The molecule has 2 saturated heterocycles. The Hall–Kier alpha value is -0.120. The first-order valence-electron chi connectivity index (χ1n) is 6.49. The molecule has 0 aromatic rings. The highest BCUT2D eigenvalue weighted by molar-refractivity contribution is 4.84. The molecule has 2 fully saturated rings. The van der Waals surface area contributed by atoms with Crippen molar-refractivity contribution in [3.8, 4) is 0 Å². The lowest BCUT2D eigenvalue weighted by Gasteiger charge is -2.38. The van der Waals surface area contributed by atoms with E-state index in [0.29, 0.717) is 18.7 Å². The van der Waals surface area contributed by atoms with Gasteiger partial charge in [-0.15, -0.1) is 0 Å². The molecule has 3 heteroatoms. The van der Waals surface area contributed by atoms with Crippen LogP contribution in [0.3, 0.4) is 0 Å². The van der Waals surface area contributed by atoms with Crippen LogP contribution in [0.1, 0.15) is 38.5 Å². The summed E-state index contributed by atoms with van der Waals surface area (Å²) in [5.74, 6) is 0. The molecule has 2 heterocycles. The van der Waals surface area contributed by atoms with Gasteiger partial charge in [0.05, 0.1) is 6.61 Å². The minimum atomic E-state index is 0.344. The second kappa shape index (κ2) is 5.83. The molecule has 0 aliphatic carbocycles. The van der Waals surface area contributed by atoms with Crippen LogP contribution >= 0.6 is 0 Å². The highest BCUT2D eigenvalue weighted by atomic mass is 16.3. The molecule has 2 aliphatic heterocycles. The second-order valence-electron chi connectivity index (χ2n) is 4.92. The Morgan fingerprint density at radius 3 is 2.80 bits per heavy atom. The molecule has 0 spiro atoms. The molecule has 0 amide bonds. The van der Waals surface area contributed by atoms with Crippen molar-refractivity contribution in [1.82, 2.24) is 10.2 Å². The number of rotatable bonds is 2. The average molecular weight is 212 g/mol. The number of hydrogen-bond donors (Lipinski definition) is 2. The van der Waals surface area contributed by atoms with E-state index in [-0.39, 0.29) is 0 Å². The fraction of sp³-hybridized carbons (Fsp3) is 1.00. The van der Waals surface area contributed by atoms with Gasteiger partial charge in [0.25, 0.3) is 0 Å². The van der Waals surface area contributed by atoms with Gasteiger partial charge in [0, 0.05) is 18.6 Å². The lowest BCUT2D eigenvalue weighted by molar-refractivity contribution is 0.0726. The minimum Gasteiger partial charge on any atom is -0.395 e. The molecule has 2 rings (SSSR count). The topological polar surface area (TPSA) is 35.5 Å². The van der Waals surface area contributed by atoms with Gasteiger partial charge in [-0.1, -0.05) is 12.8 Å². The standard InChI is InChI=1S/C12H24N2O/c15-10-12-5-2-1-3-8-14(12)11-6-4-7-13-9-11/h11-13,15H,1-10H2. The van der Waals surface area contributed by atoms with E-state index in [1.807, 2.05) is 0 Å². The first-order valence-corrected chi connectivity index (χ1v) is 6.49. The van der Waals surface area contributed by atoms with Crippen LogP contribution in [0.15, 0.2) is 0 Å². The zero-order chi connectivity index (χ0) is 10.5. The van der Waals surface area contributed by atoms with E-state index in [4.69, 9.17) is 0 Å². The maximum absolute atomic E-state index is 9.46. The summed E-state index contributed by atoms with van der Waals surface area (Å²) < 4.78 is 0. The van der Waals surface area contributed by atoms with Gasteiger partial charge in [-0.25, -0.2) is 0 Å². The first-order chi connectivity index (χ1) is 7.42. The summed E-state index contributed by atoms with van der Waals surface area (Å²) in [6.45, 7) is 3.83. The van der Waals surface area contributed by atoms with Crippen molar-refractivity contribution in [3.05, 3.63) is 0 Å². The summed E-state index contributed by atoms with van der Waals surface area (Å²) in [5, 5.41) is 12.9. The van der Waals surface area contributed by atoms with Crippen LogP contribution in [-0.2, 0) is 0 Å². The summed E-state index contributed by atoms with van der Waals surface area (Å²) in [5.41, 5.74) is 0. The van der Waals surface area contributed by atoms with E-state index >= 15 is 0 Å². The van der Waals surface area contributed by atoms with Gasteiger partial charge in [-0.05, 0) is 38.8 Å². The number of nitrogens with zero attached hydrogens (tertiary/aromatic N) is 1. The van der Waals surface area contributed by atoms with Crippen molar-refractivity contribution < 1.29 is 5.11 Å². The van der Waals surface area contributed by atoms with Crippen LogP contribution < -0.4 is 5.32 Å². The molecule has 2 aliphatic rings. The molecule has 15 heavy (non-hydrogen) atoms. The van der Waals surface area contributed by atoms with E-state index in [9.17, 15) is 5.11 Å². The lowest BCUT2D eigenvalue weighted by Crippen LogP contribution is -2.51. The zero-order valence-electron chi connectivity index (χ0n) is 9.62. The molecule has 0 saturated carbocycles. The van der Waals surface area contributed by atoms with E-state index in [2.05, 4.69) is 10.2 Å². The van der Waals surface area contributed by atoms with Crippen LogP contribution in [0.25, 0.3) is 0 Å². The van der Waals surface area contributed by atoms with Crippen LogP contribution in [0.5, 0.6) is 0 Å². The highest BCUT2D eigenvalue weighted by Crippen LogP contribution is 2.21. The largest absolute Gasteiger partial charge is 0.395 e. The molecule has 2 unspecified atom stereocenters. The average Bonchev–Trinajstić information content (AvgIpc) is 2.55. The van der Waals surface area contributed by atoms with Crippen LogP contribution in [0.2, 0.25) is 0 Å². The highest BCUT2D eigenvalue weighted by Gasteiger charge is 2.27. The Balaban J connectivity index is 1.95. The predicted octanol–water partition coefficient (Wildman–Crippen LogP) is 0.975. The molecule has 3 nitrogen and oxygen atoms in total. The Bertz CT molecular complexity index is 180. The van der Waals surface area contributed by atoms with Gasteiger partial charge in [0.2, 0.25) is 0 Å². The van der Waals surface area contributed by atoms with Gasteiger partial charge < -0.3 is 10.4 Å². The molecule has 2 atom stereocenters. The third-order valence-corrected chi connectivity index (χ3v) is 3.87. The first kappa shape index (κ1) is 11.4. The Kier molecular flexibility index (Phi) is 4.42. The Labute approximate surface area is 92.8 Å². The zero-order valence-corrected chi connectivity index (χ0v) is 9.62. The number of piperidine rings is 1. The second-order valence-corrected chi connectivity index (χ2v) is 4.92. The van der Waals surface area contributed by atoms with Crippen molar-refractivity contribution in [1.29, 1.82) is 0 Å². The molecular weight excluding hydrogens is 188 g/mol. The molecule has 0 bridgehead atoms. The Morgan fingerprint density at radius 2 is 2.07 bits per heavy atom. The number of nitrogens with one attached hydrogen (secondary N) is 1. The predicted molar refractivity (Wildman–Crippen MR) is 61.9 cm³/mol. The van der Waals surface area contributed by atoms with E-state index in [0.717, 1.165) is 6.54 Å². The maximum atomic E-state index is 9.46. The van der Waals surface area contributed by atoms with E-state index < -0.39 is 0 Å². The summed E-state index contributed by atoms with van der Waals surface area (Å²) in [6, 6.07) is 1.10. The summed E-state index contributed by atoms with van der Waals surface area (Å²) in [6.07, 6.45) is 7.73. The lowest BCUT2D eigenvalue weighted by atomic mass is 10.0. The van der Waals surface area contributed by atoms with E-state index in [1.54, 1.807) is 0 Å². The van der Waals surface area contributed by atoms with Crippen LogP contribution in [0.4, 0.5) is 0 Å². The SMILES string of the molecule is OCC1CCCCCN1C1CCCNC1. The maximum Gasteiger partial charge on any atom is 0.0586 e. The monoisotopic (exact) mass is 212 g/mol. The van der Waals surface area contributed by atoms with Crippen molar-refractivity contribution >= 4 is 0 Å². The molecule has 0 aromatic carbocycles. The minimum absolute atomic E-state index is 0.344. The molecule has 2 N–H and O–H groups in total. The quantitative estimate of drug-likeness (QED) is 0.716. The van der Waals surface area contributed by atoms with Crippen LogP contribution in [-0.4, -0.2) is 48.3 Å². The number of aliphatic hydroxyl groups excluding tert-OH is 1. The fourth-order valence-corrected chi connectivity index (χ4v) is 2.99. The van der Waals surface area contributed by atoms with Crippen LogP contribution in [0, 0.1) is 0 Å². The van der Waals surface area contributed by atoms with Gasteiger partial charge in [-0.3, -0.25) is 4.90 Å². The molecule has 0 radical (unpaired) electrons. The summed E-state index contributed by atoms with van der Waals surface area (Å²) in [7, 11) is 0. The number of likely N-dealkylation sites (tertiary alicyclic amines) is 1. The molecule has 88 valence electrons. The van der Waals surface area contributed by atoms with Crippen molar-refractivity contribution in [3.63, 3.8) is 0 Å². The van der Waals surface area contributed by atoms with Gasteiger partial charge in [0.1, 0.15) is 0 Å². The summed E-state index contributed by atoms with van der Waals surface area (Å²) >= 11 is 0. The normalized spacial score (nSPS) is 35.0. The van der Waals surface area contributed by atoms with Crippen molar-refractivity contribution in [2.75, 3.05) is 26.2 Å². The molecular formula is C12H24N2O. The molecule has 0 aromatic heterocycles. The summed E-state index contributed by atoms with van der Waals surface area (Å²) in [4.78, 5) is 2.57. The fourth-order valence-electron chi connectivity index (χ4n) is 2.99. The third-order valence-electron chi connectivity index (χ3n) is 3.87. The van der Waals surface area contributed by atoms with Gasteiger partial charge in [-0.2, -0.15) is 0 Å². The van der Waals surface area contributed by atoms with Gasteiger partial charge >= 0.3 is 0 Å². The number of aliphatic hydroxyl groups is 1. The van der Waals surface area contributed by atoms with E-state index in [1.165, 1.54) is 51.6 Å². The third kappa shape index (κ3) is 2.92.